The van der Waals surface area contributed by atoms with Gasteiger partial charge in [0.1, 0.15) is 0 Å². The van der Waals surface area contributed by atoms with Crippen molar-refractivity contribution in [2.75, 3.05) is 0 Å². The molecule has 0 amide bonds. The van der Waals surface area contributed by atoms with E-state index in [0.717, 1.165) is 12.0 Å². The minimum absolute atomic E-state index is 0.112. The molecule has 0 saturated carbocycles. The summed E-state index contributed by atoms with van der Waals surface area (Å²) in [5.74, 6) is 0.112. The number of carbonyl (C=O) groups is 1. The second-order valence-corrected chi connectivity index (χ2v) is 5.23. The Hall–Kier alpha value is -1.12. The van der Waals surface area contributed by atoms with Gasteiger partial charge in [0.25, 0.3) is 0 Å². The third-order valence-electron chi connectivity index (χ3n) is 2.65. The molecule has 1 aromatic heterocycles. The van der Waals surface area contributed by atoms with Crippen LogP contribution in [0.1, 0.15) is 27.9 Å². The van der Waals surface area contributed by atoms with E-state index in [2.05, 4.69) is 11.4 Å². The maximum atomic E-state index is 12.0. The lowest BCUT2D eigenvalue weighted by atomic mass is 10.0. The van der Waals surface area contributed by atoms with Crippen LogP contribution in [-0.4, -0.2) is 5.78 Å². The molecular formula is C14H13ClOS. The molecule has 17 heavy (non-hydrogen) atoms. The topological polar surface area (TPSA) is 17.1 Å². The van der Waals surface area contributed by atoms with Crippen LogP contribution in [0.15, 0.2) is 35.0 Å². The summed E-state index contributed by atoms with van der Waals surface area (Å²) >= 11 is 7.72. The maximum Gasteiger partial charge on any atom is 0.164 e. The Kier molecular flexibility index (Phi) is 3.97. The molecule has 3 heteroatoms. The zero-order valence-electron chi connectivity index (χ0n) is 9.57. The quantitative estimate of drug-likeness (QED) is 0.742. The van der Waals surface area contributed by atoms with Crippen LogP contribution in [0.25, 0.3) is 0 Å². The summed E-state index contributed by atoms with van der Waals surface area (Å²) in [6, 6.07) is 7.62. The predicted molar refractivity (Wildman–Crippen MR) is 73.2 cm³/mol. The van der Waals surface area contributed by atoms with Gasteiger partial charge in [0.2, 0.25) is 0 Å². The summed E-state index contributed by atoms with van der Waals surface area (Å²) in [5.41, 5.74) is 2.92. The van der Waals surface area contributed by atoms with E-state index in [4.69, 9.17) is 11.6 Å². The van der Waals surface area contributed by atoms with E-state index < -0.39 is 0 Å². The Labute approximate surface area is 110 Å². The van der Waals surface area contributed by atoms with Gasteiger partial charge in [0.15, 0.2) is 5.78 Å². The fourth-order valence-corrected chi connectivity index (χ4v) is 2.72. The molecule has 0 saturated heterocycles. The highest BCUT2D eigenvalue weighted by atomic mass is 35.5. The molecule has 0 aliphatic heterocycles. The van der Waals surface area contributed by atoms with Crippen LogP contribution < -0.4 is 0 Å². The summed E-state index contributed by atoms with van der Waals surface area (Å²) < 4.78 is 0. The van der Waals surface area contributed by atoms with Crippen molar-refractivity contribution in [2.45, 2.75) is 19.8 Å². The van der Waals surface area contributed by atoms with Crippen LogP contribution in [0.2, 0.25) is 5.02 Å². The summed E-state index contributed by atoms with van der Waals surface area (Å²) in [7, 11) is 0. The van der Waals surface area contributed by atoms with Gasteiger partial charge in [-0.15, -0.1) is 0 Å². The molecule has 0 radical (unpaired) electrons. The van der Waals surface area contributed by atoms with E-state index in [-0.39, 0.29) is 5.78 Å². The largest absolute Gasteiger partial charge is 0.294 e. The van der Waals surface area contributed by atoms with Crippen molar-refractivity contribution < 1.29 is 4.79 Å². The first kappa shape index (κ1) is 12.3. The van der Waals surface area contributed by atoms with Crippen molar-refractivity contribution in [3.05, 3.63) is 56.7 Å². The third-order valence-corrected chi connectivity index (χ3v) is 3.69. The lowest BCUT2D eigenvalue weighted by Crippen LogP contribution is -2.01. The number of ketones is 1. The first-order valence-corrected chi connectivity index (χ1v) is 6.79. The van der Waals surface area contributed by atoms with Crippen LogP contribution in [0, 0.1) is 6.92 Å². The normalized spacial score (nSPS) is 10.5. The van der Waals surface area contributed by atoms with Crippen LogP contribution >= 0.6 is 22.9 Å². The van der Waals surface area contributed by atoms with E-state index in [1.54, 1.807) is 11.3 Å². The highest BCUT2D eigenvalue weighted by Crippen LogP contribution is 2.20. The van der Waals surface area contributed by atoms with Crippen molar-refractivity contribution in [2.24, 2.45) is 0 Å². The van der Waals surface area contributed by atoms with E-state index in [1.165, 1.54) is 5.56 Å². The molecule has 88 valence electrons. The number of rotatable bonds is 4. The SMILES string of the molecule is Cc1ccc(C(=O)CCc2ccsc2)c(Cl)c1. The van der Waals surface area contributed by atoms with Crippen molar-refractivity contribution in [1.29, 1.82) is 0 Å². The minimum Gasteiger partial charge on any atom is -0.294 e. The Morgan fingerprint density at radius 1 is 1.35 bits per heavy atom. The van der Waals surface area contributed by atoms with Gasteiger partial charge in [-0.2, -0.15) is 11.3 Å². The van der Waals surface area contributed by atoms with Gasteiger partial charge in [-0.1, -0.05) is 17.7 Å². The number of carbonyl (C=O) groups excluding carboxylic acids is 1. The number of Topliss-reactive ketones (excluding diaryl/α,β-unsaturated/α-hetero) is 1. The van der Waals surface area contributed by atoms with Crippen molar-refractivity contribution >= 4 is 28.7 Å². The molecule has 0 N–H and O–H groups in total. The third kappa shape index (κ3) is 3.18. The van der Waals surface area contributed by atoms with Gasteiger partial charge in [-0.25, -0.2) is 0 Å². The maximum absolute atomic E-state index is 12.0. The summed E-state index contributed by atoms with van der Waals surface area (Å²) in [6.07, 6.45) is 1.30. The molecule has 0 atom stereocenters. The molecule has 2 aromatic rings. The summed E-state index contributed by atoms with van der Waals surface area (Å²) in [6.45, 7) is 1.96. The van der Waals surface area contributed by atoms with Gasteiger partial charge in [-0.05, 0) is 53.4 Å². The van der Waals surface area contributed by atoms with Crippen LogP contribution in [-0.2, 0) is 6.42 Å². The van der Waals surface area contributed by atoms with Crippen molar-refractivity contribution in [1.82, 2.24) is 0 Å². The average molecular weight is 265 g/mol. The van der Waals surface area contributed by atoms with Gasteiger partial charge in [0.05, 0.1) is 5.02 Å². The predicted octanol–water partition coefficient (Wildman–Crippen LogP) is 4.53. The molecule has 0 fully saturated rings. The number of thiophene rings is 1. The van der Waals surface area contributed by atoms with Gasteiger partial charge in [0, 0.05) is 12.0 Å². The molecule has 0 aliphatic rings. The van der Waals surface area contributed by atoms with E-state index >= 15 is 0 Å². The van der Waals surface area contributed by atoms with Gasteiger partial charge >= 0.3 is 0 Å². The molecule has 2 rings (SSSR count). The van der Waals surface area contributed by atoms with Crippen LogP contribution in [0.4, 0.5) is 0 Å². The number of halogens is 1. The Morgan fingerprint density at radius 2 is 2.18 bits per heavy atom. The lowest BCUT2D eigenvalue weighted by Gasteiger charge is -2.04. The first-order chi connectivity index (χ1) is 8.16. The van der Waals surface area contributed by atoms with Crippen molar-refractivity contribution in [3.8, 4) is 0 Å². The first-order valence-electron chi connectivity index (χ1n) is 5.47. The Morgan fingerprint density at radius 3 is 2.82 bits per heavy atom. The smallest absolute Gasteiger partial charge is 0.164 e. The molecule has 0 spiro atoms. The molecule has 1 aromatic carbocycles. The minimum atomic E-state index is 0.112. The molecule has 0 aliphatic carbocycles. The fraction of sp³-hybridized carbons (Fsp3) is 0.214. The fourth-order valence-electron chi connectivity index (χ4n) is 1.67. The Bertz CT molecular complexity index is 517. The van der Waals surface area contributed by atoms with E-state index in [1.807, 2.05) is 30.5 Å². The second-order valence-electron chi connectivity index (χ2n) is 4.04. The number of benzene rings is 1. The molecule has 1 heterocycles. The highest BCUT2D eigenvalue weighted by molar-refractivity contribution is 7.07. The molecular weight excluding hydrogens is 252 g/mol. The molecule has 0 bridgehead atoms. The number of hydrogen-bond acceptors (Lipinski definition) is 2. The van der Waals surface area contributed by atoms with Gasteiger partial charge in [-0.3, -0.25) is 4.79 Å². The van der Waals surface area contributed by atoms with E-state index in [0.29, 0.717) is 17.0 Å². The van der Waals surface area contributed by atoms with E-state index in [9.17, 15) is 4.79 Å². The molecule has 0 unspecified atom stereocenters. The van der Waals surface area contributed by atoms with Gasteiger partial charge < -0.3 is 0 Å². The average Bonchev–Trinajstić information content (AvgIpc) is 2.78. The summed E-state index contributed by atoms with van der Waals surface area (Å²) in [5, 5.41) is 4.66. The standard InChI is InChI=1S/C14H13ClOS/c1-10-2-4-12(13(15)8-10)14(16)5-3-11-6-7-17-9-11/h2,4,6-9H,3,5H2,1H3. The second kappa shape index (κ2) is 5.48. The lowest BCUT2D eigenvalue weighted by molar-refractivity contribution is 0.0983. The zero-order chi connectivity index (χ0) is 12.3. The van der Waals surface area contributed by atoms with Crippen LogP contribution in [0.3, 0.4) is 0 Å². The van der Waals surface area contributed by atoms with Crippen molar-refractivity contribution in [3.63, 3.8) is 0 Å². The summed E-state index contributed by atoms with van der Waals surface area (Å²) in [4.78, 5) is 12.0. The number of hydrogen-bond donors (Lipinski definition) is 0. The monoisotopic (exact) mass is 264 g/mol. The Balaban J connectivity index is 2.04. The number of aryl methyl sites for hydroxylation is 2. The highest BCUT2D eigenvalue weighted by Gasteiger charge is 2.10. The molecule has 1 nitrogen and oxygen atoms in total. The zero-order valence-corrected chi connectivity index (χ0v) is 11.1. The van der Waals surface area contributed by atoms with Crippen LogP contribution in [0.5, 0.6) is 0 Å².